The molecule has 2 heterocycles. The first-order valence-corrected chi connectivity index (χ1v) is 16.7. The van der Waals surface area contributed by atoms with Crippen LogP contribution in [0.1, 0.15) is 95.7 Å². The number of rotatable bonds is 9. The SMILES string of the molecule is CCCCCC1c2ccccc2-c2ccc(N3c4ccc(/C=C/c5ccc(/C=C(/C#N)C(=O)O)s5)cc4C4CCCC43)cc21. The molecule has 44 heavy (non-hydrogen) atoms. The molecule has 3 aromatic carbocycles. The van der Waals surface area contributed by atoms with Crippen molar-refractivity contribution in [3.8, 4) is 17.2 Å². The van der Waals surface area contributed by atoms with Crippen molar-refractivity contribution >= 4 is 46.9 Å². The van der Waals surface area contributed by atoms with Gasteiger partial charge in [-0.3, -0.25) is 0 Å². The van der Waals surface area contributed by atoms with Crippen LogP contribution in [0.15, 0.2) is 78.4 Å². The highest BCUT2D eigenvalue weighted by molar-refractivity contribution is 7.13. The summed E-state index contributed by atoms with van der Waals surface area (Å²) < 4.78 is 0. The smallest absolute Gasteiger partial charge is 0.346 e. The van der Waals surface area contributed by atoms with E-state index in [1.54, 1.807) is 6.07 Å². The second kappa shape index (κ2) is 11.9. The van der Waals surface area contributed by atoms with Gasteiger partial charge in [0.25, 0.3) is 0 Å². The number of benzene rings is 3. The number of carboxylic acids is 1. The van der Waals surface area contributed by atoms with Gasteiger partial charge in [-0.1, -0.05) is 75.1 Å². The van der Waals surface area contributed by atoms with Crippen LogP contribution in [0.4, 0.5) is 11.4 Å². The van der Waals surface area contributed by atoms with E-state index >= 15 is 0 Å². The number of hydrogen-bond acceptors (Lipinski definition) is 4. The molecule has 2 aliphatic carbocycles. The minimum absolute atomic E-state index is 0.253. The first-order valence-electron chi connectivity index (χ1n) is 15.8. The van der Waals surface area contributed by atoms with E-state index in [9.17, 15) is 4.79 Å². The third-order valence-electron chi connectivity index (χ3n) is 9.66. The summed E-state index contributed by atoms with van der Waals surface area (Å²) in [5.41, 5.74) is 10.9. The molecule has 0 amide bonds. The third kappa shape index (κ3) is 5.08. The molecule has 3 unspecified atom stereocenters. The van der Waals surface area contributed by atoms with Gasteiger partial charge in [0.2, 0.25) is 0 Å². The van der Waals surface area contributed by atoms with E-state index in [1.165, 1.54) is 107 Å². The van der Waals surface area contributed by atoms with Crippen molar-refractivity contribution < 1.29 is 9.90 Å². The topological polar surface area (TPSA) is 64.3 Å². The van der Waals surface area contributed by atoms with Crippen LogP contribution in [0.5, 0.6) is 0 Å². The number of aliphatic carboxylic acids is 1. The van der Waals surface area contributed by atoms with Crippen LogP contribution in [-0.4, -0.2) is 17.1 Å². The van der Waals surface area contributed by atoms with Crippen LogP contribution in [0.2, 0.25) is 0 Å². The summed E-state index contributed by atoms with van der Waals surface area (Å²) in [7, 11) is 0. The molecule has 1 fully saturated rings. The molecule has 0 spiro atoms. The predicted molar refractivity (Wildman–Crippen MR) is 181 cm³/mol. The zero-order valence-electron chi connectivity index (χ0n) is 25.0. The van der Waals surface area contributed by atoms with Crippen LogP contribution >= 0.6 is 11.3 Å². The summed E-state index contributed by atoms with van der Waals surface area (Å²) in [6.07, 6.45) is 14.3. The van der Waals surface area contributed by atoms with E-state index in [-0.39, 0.29) is 5.57 Å². The minimum Gasteiger partial charge on any atom is -0.477 e. The number of unbranched alkanes of at least 4 members (excludes halogenated alkanes) is 2. The molecule has 3 aliphatic rings. The Labute approximate surface area is 263 Å². The molecule has 4 nitrogen and oxygen atoms in total. The second-order valence-electron chi connectivity index (χ2n) is 12.2. The average Bonchev–Trinajstić information content (AvgIpc) is 3.82. The first-order chi connectivity index (χ1) is 21.6. The lowest BCUT2D eigenvalue weighted by Gasteiger charge is -2.28. The number of thiophene rings is 1. The number of nitriles is 1. The van der Waals surface area contributed by atoms with E-state index in [4.69, 9.17) is 10.4 Å². The van der Waals surface area contributed by atoms with E-state index < -0.39 is 5.97 Å². The fourth-order valence-electron chi connectivity index (χ4n) is 7.67. The summed E-state index contributed by atoms with van der Waals surface area (Å²) in [5, 5.41) is 18.2. The van der Waals surface area contributed by atoms with E-state index in [1.807, 2.05) is 12.1 Å². The van der Waals surface area contributed by atoms with Gasteiger partial charge >= 0.3 is 5.97 Å². The highest BCUT2D eigenvalue weighted by Crippen LogP contribution is 2.54. The number of hydrogen-bond donors (Lipinski definition) is 1. The van der Waals surface area contributed by atoms with Gasteiger partial charge in [0.05, 0.1) is 0 Å². The zero-order chi connectivity index (χ0) is 30.2. The van der Waals surface area contributed by atoms with Gasteiger partial charge in [0, 0.05) is 39.0 Å². The molecule has 0 bridgehead atoms. The number of carbonyl (C=O) groups is 1. The van der Waals surface area contributed by atoms with E-state index in [0.29, 0.717) is 17.9 Å². The highest BCUT2D eigenvalue weighted by Gasteiger charge is 2.42. The van der Waals surface area contributed by atoms with Crippen molar-refractivity contribution in [1.82, 2.24) is 0 Å². The molecule has 1 aliphatic heterocycles. The number of fused-ring (bicyclic) bond motifs is 6. The van der Waals surface area contributed by atoms with Crippen molar-refractivity contribution in [2.24, 2.45) is 0 Å². The third-order valence-corrected chi connectivity index (χ3v) is 10.7. The fraction of sp³-hybridized carbons (Fsp3) is 0.282. The van der Waals surface area contributed by atoms with Gasteiger partial charge < -0.3 is 10.0 Å². The Morgan fingerprint density at radius 2 is 1.80 bits per heavy atom. The van der Waals surface area contributed by atoms with Crippen molar-refractivity contribution in [2.45, 2.75) is 69.7 Å². The van der Waals surface area contributed by atoms with Gasteiger partial charge in [0.15, 0.2) is 0 Å². The Kier molecular flexibility index (Phi) is 7.70. The molecule has 4 aromatic rings. The summed E-state index contributed by atoms with van der Waals surface area (Å²) >= 11 is 1.48. The number of anilines is 2. The lowest BCUT2D eigenvalue weighted by molar-refractivity contribution is -0.132. The Bertz CT molecular complexity index is 1840. The summed E-state index contributed by atoms with van der Waals surface area (Å²) in [6, 6.07) is 29.2. The van der Waals surface area contributed by atoms with Crippen LogP contribution in [0.3, 0.4) is 0 Å². The van der Waals surface area contributed by atoms with Gasteiger partial charge in [-0.15, -0.1) is 11.3 Å². The summed E-state index contributed by atoms with van der Waals surface area (Å²) in [4.78, 5) is 15.6. The predicted octanol–water partition coefficient (Wildman–Crippen LogP) is 10.4. The Hall–Kier alpha value is -4.40. The van der Waals surface area contributed by atoms with Crippen LogP contribution in [0, 0.1) is 11.3 Å². The largest absolute Gasteiger partial charge is 0.477 e. The maximum atomic E-state index is 11.2. The first kappa shape index (κ1) is 28.4. The maximum absolute atomic E-state index is 11.2. The monoisotopic (exact) mass is 596 g/mol. The summed E-state index contributed by atoms with van der Waals surface area (Å²) in [5.74, 6) is -0.180. The number of carboxylic acid groups (broad SMARTS) is 1. The molecule has 1 aromatic heterocycles. The maximum Gasteiger partial charge on any atom is 0.346 e. The van der Waals surface area contributed by atoms with Crippen molar-refractivity contribution in [2.75, 3.05) is 4.90 Å². The minimum atomic E-state index is -1.20. The molecule has 220 valence electrons. The molecule has 5 heteroatoms. The van der Waals surface area contributed by atoms with Crippen LogP contribution < -0.4 is 4.90 Å². The van der Waals surface area contributed by atoms with Gasteiger partial charge in [0.1, 0.15) is 11.6 Å². The van der Waals surface area contributed by atoms with Crippen LogP contribution in [0.25, 0.3) is 29.4 Å². The Morgan fingerprint density at radius 3 is 2.64 bits per heavy atom. The normalized spacial score (nSPS) is 20.0. The second-order valence-corrected chi connectivity index (χ2v) is 13.4. The van der Waals surface area contributed by atoms with Gasteiger partial charge in [-0.2, -0.15) is 5.26 Å². The van der Waals surface area contributed by atoms with Crippen molar-refractivity contribution in [3.05, 3.63) is 110 Å². The fourth-order valence-corrected chi connectivity index (χ4v) is 8.53. The van der Waals surface area contributed by atoms with Crippen molar-refractivity contribution in [1.29, 1.82) is 5.26 Å². The molecule has 0 saturated heterocycles. The molecular weight excluding hydrogens is 561 g/mol. The Morgan fingerprint density at radius 1 is 0.955 bits per heavy atom. The zero-order valence-corrected chi connectivity index (χ0v) is 25.8. The molecule has 1 N–H and O–H groups in total. The lowest BCUT2D eigenvalue weighted by atomic mass is 9.91. The standard InChI is InChI=1S/C39H36N2O2S/c1-2-3-4-8-32-30-9-5-6-10-31(30)33-19-15-27(23-35(32)33)41-37-12-7-11-34(37)36-21-25(14-20-38(36)41)13-16-28-17-18-29(44-28)22-26(24-40)39(42)43/h5-6,9-10,13-23,32,34,37H,2-4,7-8,11-12H2,1H3,(H,42,43)/b16-13+,26-22-. The molecule has 0 radical (unpaired) electrons. The number of nitrogens with zero attached hydrogens (tertiary/aromatic N) is 2. The quantitative estimate of drug-likeness (QED) is 0.119. The molecule has 3 atom stereocenters. The van der Waals surface area contributed by atoms with E-state index in [2.05, 4.69) is 84.6 Å². The van der Waals surface area contributed by atoms with Crippen LogP contribution in [-0.2, 0) is 4.79 Å². The van der Waals surface area contributed by atoms with E-state index in [0.717, 1.165) is 9.75 Å². The molecule has 7 rings (SSSR count). The average molecular weight is 597 g/mol. The summed E-state index contributed by atoms with van der Waals surface area (Å²) in [6.45, 7) is 2.28. The Balaban J connectivity index is 1.18. The molecular formula is C39H36N2O2S. The lowest BCUT2D eigenvalue weighted by Crippen LogP contribution is -2.26. The molecule has 1 saturated carbocycles. The highest BCUT2D eigenvalue weighted by atomic mass is 32.1. The van der Waals surface area contributed by atoms with Gasteiger partial charge in [-0.05, 0) is 101 Å². The van der Waals surface area contributed by atoms with Gasteiger partial charge in [-0.25, -0.2) is 4.79 Å². The van der Waals surface area contributed by atoms with Crippen molar-refractivity contribution in [3.63, 3.8) is 0 Å².